The summed E-state index contributed by atoms with van der Waals surface area (Å²) < 4.78 is 5.08. The molecule has 0 radical (unpaired) electrons. The first-order valence-corrected chi connectivity index (χ1v) is 7.99. The number of carbonyl (C=O) groups excluding carboxylic acids is 3. The van der Waals surface area contributed by atoms with Gasteiger partial charge in [0.05, 0.1) is 5.56 Å². The van der Waals surface area contributed by atoms with Crippen molar-refractivity contribution < 1.29 is 19.1 Å². The minimum Gasteiger partial charge on any atom is -0.452 e. The highest BCUT2D eigenvalue weighted by atomic mass is 16.5. The topological polar surface area (TPSA) is 75.7 Å². The van der Waals surface area contributed by atoms with E-state index in [1.54, 1.807) is 29.2 Å². The van der Waals surface area contributed by atoms with Crippen LogP contribution in [0.1, 0.15) is 36.0 Å². The number of carbonyl (C=O) groups is 3. The van der Waals surface area contributed by atoms with Gasteiger partial charge in [0.25, 0.3) is 5.91 Å². The molecule has 6 heteroatoms. The zero-order valence-electron chi connectivity index (χ0n) is 12.9. The monoisotopic (exact) mass is 316 g/mol. The molecule has 1 saturated heterocycles. The van der Waals surface area contributed by atoms with Gasteiger partial charge in [0.2, 0.25) is 5.91 Å². The summed E-state index contributed by atoms with van der Waals surface area (Å²) in [5, 5.41) is 2.79. The minimum absolute atomic E-state index is 0.0141. The van der Waals surface area contributed by atoms with Crippen LogP contribution in [-0.4, -0.2) is 42.4 Å². The number of esters is 1. The quantitative estimate of drug-likeness (QED) is 0.841. The Kier molecular flexibility index (Phi) is 4.60. The molecule has 2 amide bonds. The molecule has 3 rings (SSSR count). The molecule has 0 atom stereocenters. The fraction of sp³-hybridized carbons (Fsp3) is 0.471. The van der Waals surface area contributed by atoms with Crippen LogP contribution in [0.5, 0.6) is 0 Å². The third-order valence-corrected chi connectivity index (χ3v) is 4.10. The standard InChI is InChI=1S/C17H20N2O4/c20-15(19-8-1-2-9-19)11-23-17(22)13-4-3-5-14(10-13)18-16(21)12-6-7-12/h3-5,10,12H,1-2,6-9,11H2,(H,18,21). The number of likely N-dealkylation sites (tertiary alicyclic amines) is 1. The van der Waals surface area contributed by atoms with Crippen LogP contribution in [0.2, 0.25) is 0 Å². The highest BCUT2D eigenvalue weighted by Gasteiger charge is 2.29. The van der Waals surface area contributed by atoms with Gasteiger partial charge in [-0.3, -0.25) is 9.59 Å². The van der Waals surface area contributed by atoms with Crippen molar-refractivity contribution in [3.8, 4) is 0 Å². The molecule has 2 aliphatic rings. The Bertz CT molecular complexity index is 619. The lowest BCUT2D eigenvalue weighted by Gasteiger charge is -2.15. The maximum atomic E-state index is 12.0. The Balaban J connectivity index is 1.54. The Morgan fingerprint density at radius 3 is 2.61 bits per heavy atom. The summed E-state index contributed by atoms with van der Waals surface area (Å²) in [6.45, 7) is 1.23. The first-order valence-electron chi connectivity index (χ1n) is 7.99. The molecule has 0 unspecified atom stereocenters. The van der Waals surface area contributed by atoms with Crippen molar-refractivity contribution in [2.45, 2.75) is 25.7 Å². The van der Waals surface area contributed by atoms with Gasteiger partial charge in [-0.1, -0.05) is 6.07 Å². The molecule has 1 aromatic rings. The maximum absolute atomic E-state index is 12.0. The van der Waals surface area contributed by atoms with E-state index in [0.717, 1.165) is 38.8 Å². The second-order valence-corrected chi connectivity index (χ2v) is 6.01. The lowest BCUT2D eigenvalue weighted by molar-refractivity contribution is -0.133. The summed E-state index contributed by atoms with van der Waals surface area (Å²) in [5.41, 5.74) is 0.898. The fourth-order valence-electron chi connectivity index (χ4n) is 2.58. The number of hydrogen-bond donors (Lipinski definition) is 1. The Morgan fingerprint density at radius 1 is 1.17 bits per heavy atom. The van der Waals surface area contributed by atoms with Crippen molar-refractivity contribution in [1.82, 2.24) is 4.90 Å². The largest absolute Gasteiger partial charge is 0.452 e. The van der Waals surface area contributed by atoms with Crippen molar-refractivity contribution in [2.24, 2.45) is 5.92 Å². The SMILES string of the molecule is O=C(OCC(=O)N1CCCC1)c1cccc(NC(=O)C2CC2)c1. The van der Waals surface area contributed by atoms with Crippen LogP contribution in [-0.2, 0) is 14.3 Å². The molecular formula is C17H20N2O4. The molecule has 122 valence electrons. The molecular weight excluding hydrogens is 296 g/mol. The average Bonchev–Trinajstić information content (AvgIpc) is 3.27. The molecule has 0 spiro atoms. The second-order valence-electron chi connectivity index (χ2n) is 6.01. The molecule has 1 N–H and O–H groups in total. The summed E-state index contributed by atoms with van der Waals surface area (Å²) >= 11 is 0. The molecule has 1 saturated carbocycles. The van der Waals surface area contributed by atoms with Crippen molar-refractivity contribution >= 4 is 23.5 Å². The summed E-state index contributed by atoms with van der Waals surface area (Å²) in [4.78, 5) is 37.4. The van der Waals surface area contributed by atoms with Crippen molar-refractivity contribution in [3.63, 3.8) is 0 Å². The number of anilines is 1. The van der Waals surface area contributed by atoms with Crippen molar-refractivity contribution in [1.29, 1.82) is 0 Å². The molecule has 23 heavy (non-hydrogen) atoms. The van der Waals surface area contributed by atoms with Crippen LogP contribution >= 0.6 is 0 Å². The number of nitrogens with one attached hydrogen (secondary N) is 1. The van der Waals surface area contributed by atoms with Crippen molar-refractivity contribution in [3.05, 3.63) is 29.8 Å². The van der Waals surface area contributed by atoms with Crippen LogP contribution in [0.4, 0.5) is 5.69 Å². The van der Waals surface area contributed by atoms with Crippen LogP contribution in [0, 0.1) is 5.92 Å². The minimum atomic E-state index is -0.555. The summed E-state index contributed by atoms with van der Waals surface area (Å²) in [5.74, 6) is -0.627. The van der Waals surface area contributed by atoms with E-state index in [9.17, 15) is 14.4 Å². The molecule has 1 aliphatic heterocycles. The van der Waals surface area contributed by atoms with Gasteiger partial charge in [-0.25, -0.2) is 4.79 Å². The smallest absolute Gasteiger partial charge is 0.338 e. The Morgan fingerprint density at radius 2 is 1.91 bits per heavy atom. The lowest BCUT2D eigenvalue weighted by Crippen LogP contribution is -2.32. The third kappa shape index (κ3) is 4.09. The molecule has 0 aromatic heterocycles. The zero-order chi connectivity index (χ0) is 16.2. The number of benzene rings is 1. The molecule has 1 heterocycles. The number of amides is 2. The van der Waals surface area contributed by atoms with E-state index in [-0.39, 0.29) is 24.3 Å². The normalized spacial score (nSPS) is 17.0. The van der Waals surface area contributed by atoms with Crippen LogP contribution in [0.15, 0.2) is 24.3 Å². The van der Waals surface area contributed by atoms with Crippen LogP contribution < -0.4 is 5.32 Å². The van der Waals surface area contributed by atoms with E-state index in [2.05, 4.69) is 5.32 Å². The Hall–Kier alpha value is -2.37. The van der Waals surface area contributed by atoms with Gasteiger partial charge in [0, 0.05) is 24.7 Å². The predicted octanol–water partition coefficient (Wildman–Crippen LogP) is 1.81. The van der Waals surface area contributed by atoms with Gasteiger partial charge in [-0.05, 0) is 43.9 Å². The van der Waals surface area contributed by atoms with Gasteiger partial charge in [-0.2, -0.15) is 0 Å². The van der Waals surface area contributed by atoms with Gasteiger partial charge < -0.3 is 15.0 Å². The Labute approximate surface area is 134 Å². The molecule has 1 aromatic carbocycles. The molecule has 2 fully saturated rings. The fourth-order valence-corrected chi connectivity index (χ4v) is 2.58. The first kappa shape index (κ1) is 15.5. The molecule has 0 bridgehead atoms. The summed E-state index contributed by atoms with van der Waals surface area (Å²) in [6, 6.07) is 6.59. The second kappa shape index (κ2) is 6.81. The van der Waals surface area contributed by atoms with E-state index < -0.39 is 5.97 Å². The van der Waals surface area contributed by atoms with Gasteiger partial charge >= 0.3 is 5.97 Å². The van der Waals surface area contributed by atoms with Gasteiger partial charge in [-0.15, -0.1) is 0 Å². The highest BCUT2D eigenvalue weighted by Crippen LogP contribution is 2.30. The van der Waals surface area contributed by atoms with Gasteiger partial charge in [0.15, 0.2) is 6.61 Å². The number of nitrogens with zero attached hydrogens (tertiary/aromatic N) is 1. The summed E-state index contributed by atoms with van der Waals surface area (Å²) in [7, 11) is 0. The van der Waals surface area contributed by atoms with Gasteiger partial charge in [0.1, 0.15) is 0 Å². The van der Waals surface area contributed by atoms with E-state index in [4.69, 9.17) is 4.74 Å². The van der Waals surface area contributed by atoms with E-state index in [1.807, 2.05) is 0 Å². The summed E-state index contributed by atoms with van der Waals surface area (Å²) in [6.07, 6.45) is 3.85. The van der Waals surface area contributed by atoms with Crippen LogP contribution in [0.25, 0.3) is 0 Å². The number of hydrogen-bond acceptors (Lipinski definition) is 4. The predicted molar refractivity (Wildman–Crippen MR) is 83.9 cm³/mol. The van der Waals surface area contributed by atoms with E-state index in [0.29, 0.717) is 11.3 Å². The molecule has 1 aliphatic carbocycles. The highest BCUT2D eigenvalue weighted by molar-refractivity contribution is 5.96. The maximum Gasteiger partial charge on any atom is 0.338 e. The third-order valence-electron chi connectivity index (χ3n) is 4.10. The first-order chi connectivity index (χ1) is 11.1. The van der Waals surface area contributed by atoms with E-state index >= 15 is 0 Å². The molecule has 6 nitrogen and oxygen atoms in total. The number of ether oxygens (including phenoxy) is 1. The van der Waals surface area contributed by atoms with Crippen molar-refractivity contribution in [2.75, 3.05) is 25.0 Å². The zero-order valence-corrected chi connectivity index (χ0v) is 12.9. The average molecular weight is 316 g/mol. The van der Waals surface area contributed by atoms with E-state index in [1.165, 1.54) is 0 Å². The van der Waals surface area contributed by atoms with Crippen LogP contribution in [0.3, 0.4) is 0 Å². The number of rotatable bonds is 5. The lowest BCUT2D eigenvalue weighted by atomic mass is 10.2.